The number of hydrogen-bond donors (Lipinski definition) is 0. The second-order valence-corrected chi connectivity index (χ2v) is 8.51. The Hall–Kier alpha value is -3.30. The van der Waals surface area contributed by atoms with E-state index in [2.05, 4.69) is 10.3 Å². The first kappa shape index (κ1) is 21.9. The molecule has 0 atom stereocenters. The number of carbonyl (C=O) groups is 1. The molecule has 0 radical (unpaired) electrons. The van der Waals surface area contributed by atoms with E-state index < -0.39 is 4.92 Å². The third-order valence-corrected chi connectivity index (χ3v) is 6.61. The highest BCUT2D eigenvalue weighted by atomic mass is 32.1. The lowest BCUT2D eigenvalue weighted by molar-refractivity contribution is -0.385. The Labute approximate surface area is 190 Å². The van der Waals surface area contributed by atoms with Crippen LogP contribution in [0.4, 0.5) is 5.69 Å². The van der Waals surface area contributed by atoms with Crippen LogP contribution in [0.25, 0.3) is 10.6 Å². The minimum atomic E-state index is -0.446. The molecule has 2 heterocycles. The predicted octanol–water partition coefficient (Wildman–Crippen LogP) is 3.99. The van der Waals surface area contributed by atoms with Gasteiger partial charge in [-0.15, -0.1) is 11.3 Å². The summed E-state index contributed by atoms with van der Waals surface area (Å²) in [6.07, 6.45) is 0. The number of rotatable bonds is 6. The molecule has 1 saturated heterocycles. The van der Waals surface area contributed by atoms with Crippen LogP contribution >= 0.6 is 11.3 Å². The number of thiazole rings is 1. The molecule has 0 aliphatic carbocycles. The van der Waals surface area contributed by atoms with Crippen LogP contribution in [0.15, 0.2) is 47.8 Å². The normalized spacial score (nSPS) is 14.4. The van der Waals surface area contributed by atoms with Crippen LogP contribution in [-0.2, 0) is 6.54 Å². The molecule has 1 aliphatic rings. The monoisotopic (exact) mass is 452 g/mol. The number of nitrogens with zero attached hydrogens (tertiary/aromatic N) is 4. The summed E-state index contributed by atoms with van der Waals surface area (Å²) in [5.74, 6) is 0.666. The smallest absolute Gasteiger partial charge is 0.273 e. The van der Waals surface area contributed by atoms with Crippen LogP contribution in [-0.4, -0.2) is 58.9 Å². The fraction of sp³-hybridized carbons (Fsp3) is 0.304. The molecule has 166 valence electrons. The molecule has 1 fully saturated rings. The fourth-order valence-corrected chi connectivity index (χ4v) is 4.62. The summed E-state index contributed by atoms with van der Waals surface area (Å²) in [6, 6.07) is 12.5. The predicted molar refractivity (Wildman–Crippen MR) is 123 cm³/mol. The third-order valence-electron chi connectivity index (χ3n) is 5.67. The van der Waals surface area contributed by atoms with Crippen molar-refractivity contribution in [2.45, 2.75) is 13.5 Å². The van der Waals surface area contributed by atoms with Gasteiger partial charge in [-0.1, -0.05) is 6.07 Å². The van der Waals surface area contributed by atoms with E-state index in [0.717, 1.165) is 41.6 Å². The summed E-state index contributed by atoms with van der Waals surface area (Å²) >= 11 is 1.61. The molecule has 0 saturated carbocycles. The number of nitro groups is 1. The lowest BCUT2D eigenvalue weighted by Gasteiger charge is -2.34. The van der Waals surface area contributed by atoms with E-state index in [9.17, 15) is 14.9 Å². The molecule has 32 heavy (non-hydrogen) atoms. The van der Waals surface area contributed by atoms with Crippen molar-refractivity contribution in [2.24, 2.45) is 0 Å². The molecule has 1 aliphatic heterocycles. The van der Waals surface area contributed by atoms with E-state index >= 15 is 0 Å². The number of ether oxygens (including phenoxy) is 1. The number of benzene rings is 2. The molecule has 9 heteroatoms. The summed E-state index contributed by atoms with van der Waals surface area (Å²) in [4.78, 5) is 32.5. The third kappa shape index (κ3) is 4.63. The van der Waals surface area contributed by atoms with E-state index in [1.807, 2.05) is 24.3 Å². The Kier molecular flexibility index (Phi) is 6.48. The van der Waals surface area contributed by atoms with Gasteiger partial charge in [0.05, 0.1) is 17.7 Å². The number of piperazine rings is 1. The van der Waals surface area contributed by atoms with Crippen molar-refractivity contribution < 1.29 is 14.5 Å². The number of amides is 1. The molecule has 2 aromatic carbocycles. The average molecular weight is 453 g/mol. The number of methoxy groups -OCH3 is 1. The second kappa shape index (κ2) is 9.46. The second-order valence-electron chi connectivity index (χ2n) is 7.65. The SMILES string of the molecule is COc1ccc(-c2nc(CN3CCN(C(=O)c4cccc([N+](=O)[O-])c4C)CC3)cs2)cc1. The van der Waals surface area contributed by atoms with Gasteiger partial charge in [-0.3, -0.25) is 19.8 Å². The van der Waals surface area contributed by atoms with Crippen LogP contribution in [0, 0.1) is 17.0 Å². The Morgan fingerprint density at radius 2 is 1.88 bits per heavy atom. The zero-order valence-corrected chi connectivity index (χ0v) is 18.8. The van der Waals surface area contributed by atoms with Crippen LogP contribution < -0.4 is 4.74 Å². The maximum absolute atomic E-state index is 12.9. The van der Waals surface area contributed by atoms with Crippen molar-refractivity contribution in [1.29, 1.82) is 0 Å². The van der Waals surface area contributed by atoms with Gasteiger partial charge in [-0.25, -0.2) is 4.98 Å². The Bertz CT molecular complexity index is 1120. The summed E-state index contributed by atoms with van der Waals surface area (Å²) in [5.41, 5.74) is 2.86. The molecule has 0 N–H and O–H groups in total. The first-order valence-electron chi connectivity index (χ1n) is 10.3. The highest BCUT2D eigenvalue weighted by Gasteiger charge is 2.26. The van der Waals surface area contributed by atoms with Crippen LogP contribution in [0.3, 0.4) is 0 Å². The van der Waals surface area contributed by atoms with E-state index in [-0.39, 0.29) is 11.6 Å². The number of nitro benzene ring substituents is 1. The Morgan fingerprint density at radius 3 is 2.53 bits per heavy atom. The highest BCUT2D eigenvalue weighted by molar-refractivity contribution is 7.13. The van der Waals surface area contributed by atoms with Crippen molar-refractivity contribution in [3.63, 3.8) is 0 Å². The quantitative estimate of drug-likeness (QED) is 0.415. The van der Waals surface area contributed by atoms with E-state index in [1.54, 1.807) is 42.4 Å². The fourth-order valence-electron chi connectivity index (χ4n) is 3.81. The molecular weight excluding hydrogens is 428 g/mol. The molecule has 0 spiro atoms. The van der Waals surface area contributed by atoms with Gasteiger partial charge in [0.25, 0.3) is 11.6 Å². The molecule has 1 aromatic heterocycles. The maximum atomic E-state index is 12.9. The van der Waals surface area contributed by atoms with Crippen molar-refractivity contribution in [1.82, 2.24) is 14.8 Å². The lowest BCUT2D eigenvalue weighted by atomic mass is 10.1. The van der Waals surface area contributed by atoms with Crippen LogP contribution in [0.1, 0.15) is 21.6 Å². The highest BCUT2D eigenvalue weighted by Crippen LogP contribution is 2.27. The summed E-state index contributed by atoms with van der Waals surface area (Å²) < 4.78 is 5.21. The van der Waals surface area contributed by atoms with Gasteiger partial charge < -0.3 is 9.64 Å². The minimum Gasteiger partial charge on any atom is -0.497 e. The van der Waals surface area contributed by atoms with Crippen molar-refractivity contribution in [2.75, 3.05) is 33.3 Å². The Balaban J connectivity index is 1.35. The molecule has 3 aromatic rings. The van der Waals surface area contributed by atoms with Gasteiger partial charge in [0, 0.05) is 60.9 Å². The molecular formula is C23H24N4O4S. The van der Waals surface area contributed by atoms with Crippen molar-refractivity contribution in [3.8, 4) is 16.3 Å². The summed E-state index contributed by atoms with van der Waals surface area (Å²) in [6.45, 7) is 4.98. The van der Waals surface area contributed by atoms with Gasteiger partial charge >= 0.3 is 0 Å². The molecule has 0 unspecified atom stereocenters. The van der Waals surface area contributed by atoms with Gasteiger partial charge in [0.1, 0.15) is 10.8 Å². The van der Waals surface area contributed by atoms with E-state index in [1.165, 1.54) is 6.07 Å². The van der Waals surface area contributed by atoms with Crippen molar-refractivity contribution in [3.05, 3.63) is 74.8 Å². The molecule has 8 nitrogen and oxygen atoms in total. The summed E-state index contributed by atoms with van der Waals surface area (Å²) in [5, 5.41) is 14.2. The first-order valence-corrected chi connectivity index (χ1v) is 11.2. The van der Waals surface area contributed by atoms with Crippen LogP contribution in [0.2, 0.25) is 0 Å². The van der Waals surface area contributed by atoms with Gasteiger partial charge in [-0.2, -0.15) is 0 Å². The largest absolute Gasteiger partial charge is 0.497 e. The number of carbonyl (C=O) groups excluding carboxylic acids is 1. The van der Waals surface area contributed by atoms with Gasteiger partial charge in [-0.05, 0) is 37.3 Å². The number of hydrogen-bond acceptors (Lipinski definition) is 7. The minimum absolute atomic E-state index is 0.0225. The summed E-state index contributed by atoms with van der Waals surface area (Å²) in [7, 11) is 1.65. The molecule has 1 amide bonds. The zero-order chi connectivity index (χ0) is 22.7. The topological polar surface area (TPSA) is 88.8 Å². The average Bonchev–Trinajstić information content (AvgIpc) is 3.27. The van der Waals surface area contributed by atoms with E-state index in [4.69, 9.17) is 9.72 Å². The zero-order valence-electron chi connectivity index (χ0n) is 18.0. The van der Waals surface area contributed by atoms with Gasteiger partial charge in [0.15, 0.2) is 0 Å². The number of aromatic nitrogens is 1. The standard InChI is InChI=1S/C23H24N4O4S/c1-16-20(4-3-5-21(16)27(29)30)23(28)26-12-10-25(11-13-26)14-18-15-32-22(24-18)17-6-8-19(31-2)9-7-17/h3-9,15H,10-14H2,1-2H3. The lowest BCUT2D eigenvalue weighted by Crippen LogP contribution is -2.48. The van der Waals surface area contributed by atoms with Gasteiger partial charge in [0.2, 0.25) is 0 Å². The molecule has 0 bridgehead atoms. The van der Waals surface area contributed by atoms with Crippen molar-refractivity contribution >= 4 is 22.9 Å². The maximum Gasteiger partial charge on any atom is 0.273 e. The molecule has 4 rings (SSSR count). The Morgan fingerprint density at radius 1 is 1.16 bits per heavy atom. The first-order chi connectivity index (χ1) is 15.5. The van der Waals surface area contributed by atoms with Crippen LogP contribution in [0.5, 0.6) is 5.75 Å². The van der Waals surface area contributed by atoms with E-state index in [0.29, 0.717) is 24.2 Å².